The zero-order valence-corrected chi connectivity index (χ0v) is 25.3. The minimum atomic E-state index is -1.60. The van der Waals surface area contributed by atoms with E-state index in [1.165, 1.54) is 7.11 Å². The molecule has 0 aromatic heterocycles. The van der Waals surface area contributed by atoms with Crippen LogP contribution in [-0.4, -0.2) is 83.3 Å². The summed E-state index contributed by atoms with van der Waals surface area (Å²) in [6, 6.07) is 9.30. The number of hydrogen-bond acceptors (Lipinski definition) is 11. The molecule has 7 atom stereocenters. The SMILES string of the molecule is COC1O[C@@H]2C(=O)OC3C(OCc4ccccc4)[C@]2(N=C(NC(=O)OC(C)(C)C)NC(=O)OC(C)(C)C)C1C[C@]3(C)O. The summed E-state index contributed by atoms with van der Waals surface area (Å²) in [5, 5.41) is 16.5. The Balaban J connectivity index is 1.83. The predicted octanol–water partition coefficient (Wildman–Crippen LogP) is 2.78. The molecule has 13 heteroatoms. The first-order valence-corrected chi connectivity index (χ1v) is 13.8. The Morgan fingerprint density at radius 2 is 1.62 bits per heavy atom. The first kappa shape index (κ1) is 31.7. The van der Waals surface area contributed by atoms with Gasteiger partial charge < -0.3 is 33.5 Å². The summed E-state index contributed by atoms with van der Waals surface area (Å²) in [5.41, 5.74) is -4.06. The number of guanidine groups is 1. The molecule has 1 aromatic carbocycles. The van der Waals surface area contributed by atoms with Gasteiger partial charge in [0.25, 0.3) is 0 Å². The average molecular weight is 592 g/mol. The van der Waals surface area contributed by atoms with Gasteiger partial charge in [-0.05, 0) is 60.5 Å². The maximum absolute atomic E-state index is 13.4. The number of alkyl carbamates (subject to hydrolysis) is 2. The summed E-state index contributed by atoms with van der Waals surface area (Å²) in [4.78, 5) is 44.0. The van der Waals surface area contributed by atoms with Gasteiger partial charge in [0, 0.05) is 13.0 Å². The number of aliphatic hydroxyl groups is 1. The molecule has 2 heterocycles. The number of aliphatic imine (C=N–C) groups is 1. The molecule has 42 heavy (non-hydrogen) atoms. The van der Waals surface area contributed by atoms with Gasteiger partial charge in [-0.2, -0.15) is 0 Å². The van der Waals surface area contributed by atoms with Crippen molar-refractivity contribution in [2.45, 2.75) is 108 Å². The van der Waals surface area contributed by atoms with Crippen LogP contribution in [0.3, 0.4) is 0 Å². The lowest BCUT2D eigenvalue weighted by molar-refractivity contribution is -0.247. The fourth-order valence-corrected chi connectivity index (χ4v) is 5.61. The maximum atomic E-state index is 13.4. The molecule has 4 unspecified atom stereocenters. The standard InChI is InChI=1S/C29H41N3O10/c1-26(2,3)41-24(34)30-23(31-25(35)42-27(4,5)6)32-29-17-14-28(7,36)18(39-21(33)20(29)40-22(17)37-8)19(29)38-15-16-12-10-9-11-13-16/h9-13,17-20,22,36H,14-15H2,1-8H3,(H2,30,31,32,34,35)/t17?,18?,19?,20-,22?,28+,29-/m1/s1. The minimum Gasteiger partial charge on any atom is -0.454 e. The molecule has 0 spiro atoms. The number of rotatable bonds is 5. The van der Waals surface area contributed by atoms with Crippen molar-refractivity contribution in [2.75, 3.05) is 7.11 Å². The molecule has 232 valence electrons. The van der Waals surface area contributed by atoms with E-state index in [2.05, 4.69) is 10.6 Å². The highest BCUT2D eigenvalue weighted by molar-refractivity contribution is 6.02. The Bertz CT molecular complexity index is 1170. The molecule has 1 saturated carbocycles. The molecule has 2 amide bonds. The van der Waals surface area contributed by atoms with Crippen LogP contribution in [0.5, 0.6) is 0 Å². The smallest absolute Gasteiger partial charge is 0.414 e. The zero-order chi connectivity index (χ0) is 31.1. The monoisotopic (exact) mass is 591 g/mol. The lowest BCUT2D eigenvalue weighted by Gasteiger charge is -2.55. The van der Waals surface area contributed by atoms with Gasteiger partial charge in [-0.1, -0.05) is 30.3 Å². The van der Waals surface area contributed by atoms with E-state index in [1.807, 2.05) is 30.3 Å². The number of benzene rings is 1. The molecule has 0 radical (unpaired) electrons. The van der Waals surface area contributed by atoms with Gasteiger partial charge in [0.1, 0.15) is 28.4 Å². The van der Waals surface area contributed by atoms with E-state index in [-0.39, 0.29) is 19.0 Å². The summed E-state index contributed by atoms with van der Waals surface area (Å²) in [6.45, 7) is 11.7. The summed E-state index contributed by atoms with van der Waals surface area (Å²) >= 11 is 0. The van der Waals surface area contributed by atoms with Crippen molar-refractivity contribution in [1.82, 2.24) is 10.6 Å². The van der Waals surface area contributed by atoms with Gasteiger partial charge in [-0.3, -0.25) is 10.6 Å². The van der Waals surface area contributed by atoms with E-state index in [4.69, 9.17) is 33.4 Å². The van der Waals surface area contributed by atoms with E-state index in [0.29, 0.717) is 0 Å². The maximum Gasteiger partial charge on any atom is 0.414 e. The molecule has 3 fully saturated rings. The minimum absolute atomic E-state index is 0.0425. The zero-order valence-electron chi connectivity index (χ0n) is 25.3. The quantitative estimate of drug-likeness (QED) is 0.201. The van der Waals surface area contributed by atoms with Crippen LogP contribution in [0.1, 0.15) is 60.5 Å². The van der Waals surface area contributed by atoms with Crippen molar-refractivity contribution in [3.63, 3.8) is 0 Å². The van der Waals surface area contributed by atoms with Gasteiger partial charge in [-0.15, -0.1) is 0 Å². The topological polar surface area (TPSA) is 163 Å². The first-order chi connectivity index (χ1) is 19.4. The normalized spacial score (nSPS) is 31.9. The lowest BCUT2D eigenvalue weighted by Crippen LogP contribution is -2.74. The summed E-state index contributed by atoms with van der Waals surface area (Å²) in [6.07, 6.45) is -6.37. The number of amides is 2. The Morgan fingerprint density at radius 3 is 2.14 bits per heavy atom. The highest BCUT2D eigenvalue weighted by Gasteiger charge is 2.75. The van der Waals surface area contributed by atoms with Crippen molar-refractivity contribution in [1.29, 1.82) is 0 Å². The second-order valence-electron chi connectivity index (χ2n) is 13.0. The number of esters is 1. The van der Waals surface area contributed by atoms with E-state index in [0.717, 1.165) is 5.56 Å². The highest BCUT2D eigenvalue weighted by atomic mass is 16.7. The van der Waals surface area contributed by atoms with E-state index in [1.54, 1.807) is 48.5 Å². The molecule has 3 aliphatic rings. The largest absolute Gasteiger partial charge is 0.454 e. The van der Waals surface area contributed by atoms with Gasteiger partial charge in [0.05, 0.1) is 6.61 Å². The fourth-order valence-electron chi connectivity index (χ4n) is 5.61. The molecule has 2 aliphatic heterocycles. The van der Waals surface area contributed by atoms with Crippen LogP contribution in [0.25, 0.3) is 0 Å². The number of ether oxygens (including phenoxy) is 6. The third-order valence-corrected chi connectivity index (χ3v) is 7.10. The van der Waals surface area contributed by atoms with Crippen LogP contribution in [0.15, 0.2) is 35.3 Å². The third-order valence-electron chi connectivity index (χ3n) is 7.10. The Kier molecular flexibility index (Phi) is 8.62. The van der Waals surface area contributed by atoms with Crippen molar-refractivity contribution in [2.24, 2.45) is 10.9 Å². The number of methoxy groups -OCH3 is 1. The number of nitrogens with one attached hydrogen (secondary N) is 2. The average Bonchev–Trinajstić information content (AvgIpc) is 3.17. The van der Waals surface area contributed by atoms with Gasteiger partial charge in [-0.25, -0.2) is 19.4 Å². The van der Waals surface area contributed by atoms with Crippen LogP contribution in [-0.2, 0) is 39.8 Å². The second kappa shape index (κ2) is 11.4. The van der Waals surface area contributed by atoms with E-state index >= 15 is 0 Å². The third kappa shape index (κ3) is 6.69. The van der Waals surface area contributed by atoms with Crippen LogP contribution in [0, 0.1) is 5.92 Å². The van der Waals surface area contributed by atoms with E-state index < -0.39 is 71.0 Å². The first-order valence-electron chi connectivity index (χ1n) is 13.8. The number of nitrogens with zero attached hydrogens (tertiary/aromatic N) is 1. The van der Waals surface area contributed by atoms with Gasteiger partial charge in [0.2, 0.25) is 5.96 Å². The molecule has 1 aromatic rings. The van der Waals surface area contributed by atoms with Crippen LogP contribution < -0.4 is 10.6 Å². The number of hydrogen-bond donors (Lipinski definition) is 3. The van der Waals surface area contributed by atoms with Crippen molar-refractivity contribution >= 4 is 24.1 Å². The predicted molar refractivity (Wildman–Crippen MR) is 148 cm³/mol. The molecule has 2 bridgehead atoms. The number of carbonyl (C=O) groups is 3. The van der Waals surface area contributed by atoms with Gasteiger partial charge >= 0.3 is 18.2 Å². The molecule has 3 N–H and O–H groups in total. The Morgan fingerprint density at radius 1 is 1.05 bits per heavy atom. The number of carbonyl (C=O) groups excluding carboxylic acids is 3. The number of fused-ring (bicyclic) bond motifs is 1. The molecule has 2 saturated heterocycles. The van der Waals surface area contributed by atoms with Crippen molar-refractivity contribution < 1.29 is 47.9 Å². The van der Waals surface area contributed by atoms with Crippen LogP contribution in [0.2, 0.25) is 0 Å². The van der Waals surface area contributed by atoms with Crippen LogP contribution in [0.4, 0.5) is 9.59 Å². The Labute approximate surface area is 245 Å². The molecule has 13 nitrogen and oxygen atoms in total. The second-order valence-corrected chi connectivity index (χ2v) is 13.0. The highest BCUT2D eigenvalue weighted by Crippen LogP contribution is 2.56. The lowest BCUT2D eigenvalue weighted by atomic mass is 9.61. The van der Waals surface area contributed by atoms with E-state index in [9.17, 15) is 19.5 Å². The molecular weight excluding hydrogens is 550 g/mol. The summed E-state index contributed by atoms with van der Waals surface area (Å²) < 4.78 is 34.5. The molecule has 4 rings (SSSR count). The van der Waals surface area contributed by atoms with Crippen molar-refractivity contribution in [3.8, 4) is 0 Å². The van der Waals surface area contributed by atoms with Gasteiger partial charge in [0.15, 0.2) is 18.5 Å². The summed E-state index contributed by atoms with van der Waals surface area (Å²) in [5.74, 6) is -1.91. The fraction of sp³-hybridized carbons (Fsp3) is 0.655. The van der Waals surface area contributed by atoms with Crippen molar-refractivity contribution in [3.05, 3.63) is 35.9 Å². The molecule has 1 aliphatic carbocycles. The Hall–Kier alpha value is -3.26. The molecular formula is C29H41N3O10. The van der Waals surface area contributed by atoms with Crippen LogP contribution >= 0.6 is 0 Å². The summed E-state index contributed by atoms with van der Waals surface area (Å²) in [7, 11) is 1.41.